The number of hydrogen-bond donors (Lipinski definition) is 0. The van der Waals surface area contributed by atoms with E-state index in [1.807, 2.05) is 10.9 Å². The summed E-state index contributed by atoms with van der Waals surface area (Å²) in [7, 11) is 1.74. The second-order valence-electron chi connectivity index (χ2n) is 9.78. The molecule has 2 saturated heterocycles. The van der Waals surface area contributed by atoms with Crippen LogP contribution in [-0.2, 0) is 17.7 Å². The average Bonchev–Trinajstić information content (AvgIpc) is 3.49. The Hall–Kier alpha value is -2.03. The first kappa shape index (κ1) is 21.8. The number of hydrogen-bond acceptors (Lipinski definition) is 7. The Kier molecular flexibility index (Phi) is 5.94. The van der Waals surface area contributed by atoms with Gasteiger partial charge in [-0.25, -0.2) is 9.97 Å². The zero-order valence-electron chi connectivity index (χ0n) is 19.6. The van der Waals surface area contributed by atoms with Crippen molar-refractivity contribution >= 4 is 27.4 Å². The molecule has 7 nitrogen and oxygen atoms in total. The van der Waals surface area contributed by atoms with E-state index in [-0.39, 0.29) is 0 Å². The van der Waals surface area contributed by atoms with E-state index in [1.54, 1.807) is 24.8 Å². The molecule has 8 heteroatoms. The molecule has 3 aromatic rings. The van der Waals surface area contributed by atoms with Gasteiger partial charge in [0.15, 0.2) is 0 Å². The van der Waals surface area contributed by atoms with Crippen LogP contribution in [0.1, 0.15) is 43.7 Å². The van der Waals surface area contributed by atoms with Crippen LogP contribution in [0.3, 0.4) is 0 Å². The molecular formula is C24H34N6OS. The minimum atomic E-state index is 0.375. The topological polar surface area (TPSA) is 59.3 Å². The Morgan fingerprint density at radius 3 is 2.81 bits per heavy atom. The summed E-state index contributed by atoms with van der Waals surface area (Å²) >= 11 is 1.80. The van der Waals surface area contributed by atoms with Crippen LogP contribution >= 0.6 is 11.3 Å². The molecule has 0 radical (unpaired) electrons. The molecule has 0 N–H and O–H groups in total. The van der Waals surface area contributed by atoms with E-state index in [1.165, 1.54) is 22.2 Å². The van der Waals surface area contributed by atoms with Gasteiger partial charge in [0.25, 0.3) is 0 Å². The smallest absolute Gasteiger partial charge is 0.140 e. The first-order valence-corrected chi connectivity index (χ1v) is 12.6. The summed E-state index contributed by atoms with van der Waals surface area (Å²) in [4.78, 5) is 16.9. The Morgan fingerprint density at radius 1 is 1.22 bits per heavy atom. The summed E-state index contributed by atoms with van der Waals surface area (Å²) in [5.74, 6) is 1.67. The number of likely N-dealkylation sites (tertiary alicyclic amines) is 1. The Morgan fingerprint density at radius 2 is 2.06 bits per heavy atom. The normalized spacial score (nSPS) is 19.3. The summed E-state index contributed by atoms with van der Waals surface area (Å²) in [5, 5.41) is 5.79. The van der Waals surface area contributed by atoms with Crippen LogP contribution in [0.4, 0.5) is 5.82 Å². The van der Waals surface area contributed by atoms with Crippen molar-refractivity contribution in [1.29, 1.82) is 0 Å². The Balaban J connectivity index is 1.28. The molecule has 172 valence electrons. The third-order valence-corrected chi connectivity index (χ3v) is 8.25. The maximum absolute atomic E-state index is 5.20. The first-order valence-electron chi connectivity index (χ1n) is 11.8. The van der Waals surface area contributed by atoms with Gasteiger partial charge in [0.1, 0.15) is 17.0 Å². The Labute approximate surface area is 194 Å². The van der Waals surface area contributed by atoms with Gasteiger partial charge >= 0.3 is 0 Å². The summed E-state index contributed by atoms with van der Waals surface area (Å²) < 4.78 is 7.21. The van der Waals surface area contributed by atoms with E-state index in [0.29, 0.717) is 24.0 Å². The molecule has 0 bridgehead atoms. The monoisotopic (exact) mass is 454 g/mol. The van der Waals surface area contributed by atoms with Crippen molar-refractivity contribution in [3.63, 3.8) is 0 Å². The minimum absolute atomic E-state index is 0.375. The van der Waals surface area contributed by atoms with Crippen LogP contribution < -0.4 is 4.90 Å². The minimum Gasteiger partial charge on any atom is -0.383 e. The molecule has 0 amide bonds. The quantitative estimate of drug-likeness (QED) is 0.513. The number of anilines is 1. The first-order chi connectivity index (χ1) is 15.5. The summed E-state index contributed by atoms with van der Waals surface area (Å²) in [6, 6.07) is 2.71. The molecule has 5 heterocycles. The van der Waals surface area contributed by atoms with Gasteiger partial charge in [-0.1, -0.05) is 20.8 Å². The van der Waals surface area contributed by atoms with E-state index in [9.17, 15) is 0 Å². The van der Waals surface area contributed by atoms with Gasteiger partial charge in [0.05, 0.1) is 24.7 Å². The third-order valence-electron chi connectivity index (χ3n) is 7.07. The number of fused-ring (bicyclic) bond motifs is 1. The van der Waals surface area contributed by atoms with Crippen LogP contribution in [0.15, 0.2) is 24.8 Å². The van der Waals surface area contributed by atoms with Gasteiger partial charge in [-0.05, 0) is 24.8 Å². The molecule has 1 unspecified atom stereocenters. The van der Waals surface area contributed by atoms with E-state index in [4.69, 9.17) is 9.72 Å². The van der Waals surface area contributed by atoms with Crippen LogP contribution in [0.25, 0.3) is 10.2 Å². The average molecular weight is 455 g/mol. The maximum atomic E-state index is 5.20. The molecule has 2 aliphatic rings. The van der Waals surface area contributed by atoms with Crippen LogP contribution in [0, 0.1) is 11.3 Å². The fraction of sp³-hybridized carbons (Fsp3) is 0.625. The van der Waals surface area contributed by atoms with Crippen molar-refractivity contribution in [3.05, 3.63) is 35.2 Å². The molecule has 5 rings (SSSR count). The molecule has 1 atom stereocenters. The fourth-order valence-electron chi connectivity index (χ4n) is 5.56. The molecular weight excluding hydrogens is 420 g/mol. The highest BCUT2D eigenvalue weighted by Crippen LogP contribution is 2.46. The van der Waals surface area contributed by atoms with Gasteiger partial charge in [-0.2, -0.15) is 5.10 Å². The molecule has 0 aromatic carbocycles. The van der Waals surface area contributed by atoms with E-state index < -0.39 is 0 Å². The largest absolute Gasteiger partial charge is 0.383 e. The SMILES string of the molecule is CCc1cc2c(N3CCC4(C3)CN(C(c3cnn(CCOC)c3)C(C)C)C4)ncnc2s1. The summed E-state index contributed by atoms with van der Waals surface area (Å²) in [6.45, 7) is 12.8. The van der Waals surface area contributed by atoms with Gasteiger partial charge < -0.3 is 9.64 Å². The predicted octanol–water partition coefficient (Wildman–Crippen LogP) is 4.01. The summed E-state index contributed by atoms with van der Waals surface area (Å²) in [5.41, 5.74) is 1.70. The number of ether oxygens (including phenoxy) is 1. The number of nitrogens with zero attached hydrogens (tertiary/aromatic N) is 6. The maximum Gasteiger partial charge on any atom is 0.140 e. The number of aromatic nitrogens is 4. The zero-order chi connectivity index (χ0) is 22.3. The lowest BCUT2D eigenvalue weighted by Gasteiger charge is -2.52. The van der Waals surface area contributed by atoms with E-state index >= 15 is 0 Å². The zero-order valence-corrected chi connectivity index (χ0v) is 20.4. The molecule has 2 aliphatic heterocycles. The fourth-order valence-corrected chi connectivity index (χ4v) is 6.49. The van der Waals surface area contributed by atoms with Crippen LogP contribution in [0.5, 0.6) is 0 Å². The van der Waals surface area contributed by atoms with Crippen LogP contribution in [-0.4, -0.2) is 64.5 Å². The van der Waals surface area contributed by atoms with Crippen molar-refractivity contribution in [1.82, 2.24) is 24.6 Å². The van der Waals surface area contributed by atoms with E-state index in [2.05, 4.69) is 52.9 Å². The molecule has 0 aliphatic carbocycles. The van der Waals surface area contributed by atoms with Gasteiger partial charge in [0, 0.05) is 61.4 Å². The molecule has 32 heavy (non-hydrogen) atoms. The highest BCUT2D eigenvalue weighted by Gasteiger charge is 2.50. The van der Waals surface area contributed by atoms with Crippen molar-refractivity contribution in [2.45, 2.75) is 46.2 Å². The number of rotatable bonds is 8. The standard InChI is InChI=1S/C24H34N6OS/c1-5-19-10-20-22(25-16-26-23(20)32-19)28-7-6-24(13-28)14-29(15-24)21(17(2)3)18-11-27-30(12-18)8-9-31-4/h10-12,16-17,21H,5-9,13-15H2,1-4H3. The number of methoxy groups -OCH3 is 1. The highest BCUT2D eigenvalue weighted by atomic mass is 32.1. The van der Waals surface area contributed by atoms with Gasteiger partial charge in [-0.15, -0.1) is 11.3 Å². The molecule has 0 saturated carbocycles. The molecule has 2 fully saturated rings. The van der Waals surface area contributed by atoms with Crippen LogP contribution in [0.2, 0.25) is 0 Å². The predicted molar refractivity (Wildman–Crippen MR) is 129 cm³/mol. The number of thiophene rings is 1. The third kappa shape index (κ3) is 3.93. The van der Waals surface area contributed by atoms with Gasteiger partial charge in [-0.3, -0.25) is 9.58 Å². The Bertz CT molecular complexity index is 1070. The number of aryl methyl sites for hydroxylation is 1. The van der Waals surface area contributed by atoms with E-state index in [0.717, 1.165) is 49.8 Å². The highest BCUT2D eigenvalue weighted by molar-refractivity contribution is 7.18. The lowest BCUT2D eigenvalue weighted by Crippen LogP contribution is -2.59. The van der Waals surface area contributed by atoms with Crippen molar-refractivity contribution in [2.24, 2.45) is 11.3 Å². The molecule has 3 aromatic heterocycles. The molecule has 1 spiro atoms. The lowest BCUT2D eigenvalue weighted by molar-refractivity contribution is -0.0321. The van der Waals surface area contributed by atoms with Crippen molar-refractivity contribution < 1.29 is 4.74 Å². The lowest BCUT2D eigenvalue weighted by atomic mass is 9.76. The van der Waals surface area contributed by atoms with Gasteiger partial charge in [0.2, 0.25) is 0 Å². The van der Waals surface area contributed by atoms with Crippen molar-refractivity contribution in [3.8, 4) is 0 Å². The second kappa shape index (κ2) is 8.72. The van der Waals surface area contributed by atoms with Crippen molar-refractivity contribution in [2.75, 3.05) is 44.8 Å². The summed E-state index contributed by atoms with van der Waals surface area (Å²) in [6.07, 6.45) is 8.28. The second-order valence-corrected chi connectivity index (χ2v) is 10.9.